The summed E-state index contributed by atoms with van der Waals surface area (Å²) < 4.78 is 5.75. The summed E-state index contributed by atoms with van der Waals surface area (Å²) in [6.07, 6.45) is 49.6. The van der Waals surface area contributed by atoms with Crippen molar-refractivity contribution in [2.24, 2.45) is 5.92 Å². The number of aliphatic carboxylic acids is 2. The summed E-state index contributed by atoms with van der Waals surface area (Å²) in [6.45, 7) is 1.49. The molecule has 0 aromatic carbocycles. The van der Waals surface area contributed by atoms with Gasteiger partial charge in [0, 0.05) is 19.3 Å². The minimum absolute atomic E-state index is 0.0463. The lowest BCUT2D eigenvalue weighted by Gasteiger charge is -2.17. The Kier molecular flexibility index (Phi) is 38.5. The number of rotatable bonds is 40. The largest absolute Gasteiger partial charge is 0.481 e. The van der Waals surface area contributed by atoms with Gasteiger partial charge in [0.1, 0.15) is 0 Å². The van der Waals surface area contributed by atoms with E-state index in [1.165, 1.54) is 77.0 Å². The molecule has 0 fully saturated rings. The van der Waals surface area contributed by atoms with Crippen LogP contribution in [0.5, 0.6) is 0 Å². The van der Waals surface area contributed by atoms with Crippen LogP contribution < -0.4 is 0 Å². The van der Waals surface area contributed by atoms with E-state index >= 15 is 0 Å². The first kappa shape index (κ1) is 50.3. The number of carboxylic acids is 2. The van der Waals surface area contributed by atoms with Crippen LogP contribution in [0, 0.1) is 5.92 Å². The van der Waals surface area contributed by atoms with E-state index in [-0.39, 0.29) is 5.97 Å². The van der Waals surface area contributed by atoms with Crippen molar-refractivity contribution in [1.29, 1.82) is 0 Å². The second-order valence-electron chi connectivity index (χ2n) is 15.2. The normalized spacial score (nSPS) is 12.2. The minimum Gasteiger partial charge on any atom is -0.481 e. The van der Waals surface area contributed by atoms with Crippen LogP contribution in [0.1, 0.15) is 193 Å². The first-order valence-electron chi connectivity index (χ1n) is 21.6. The highest BCUT2D eigenvalue weighted by molar-refractivity contribution is 5.69. The maximum Gasteiger partial charge on any atom is 0.305 e. The predicted molar refractivity (Wildman–Crippen MR) is 223 cm³/mol. The van der Waals surface area contributed by atoms with E-state index in [0.717, 1.165) is 103 Å². The summed E-state index contributed by atoms with van der Waals surface area (Å²) in [5.41, 5.74) is 0. The van der Waals surface area contributed by atoms with Crippen LogP contribution in [0.2, 0.25) is 0 Å². The number of carboxylic acid groups (broad SMARTS) is 2. The monoisotopic (exact) mass is 744 g/mol. The van der Waals surface area contributed by atoms with Gasteiger partial charge in [-0.2, -0.15) is 0 Å². The van der Waals surface area contributed by atoms with E-state index in [9.17, 15) is 14.4 Å². The van der Waals surface area contributed by atoms with Gasteiger partial charge in [-0.1, -0.05) is 126 Å². The van der Waals surface area contributed by atoms with Crippen molar-refractivity contribution in [3.8, 4) is 0 Å². The highest BCUT2D eigenvalue weighted by Gasteiger charge is 2.12. The Morgan fingerprint density at radius 3 is 1.21 bits per heavy atom. The quantitative estimate of drug-likeness (QED) is 0.0366. The van der Waals surface area contributed by atoms with Crippen LogP contribution in [0.4, 0.5) is 0 Å². The summed E-state index contributed by atoms with van der Waals surface area (Å²) in [7, 11) is 4.07. The zero-order valence-electron chi connectivity index (χ0n) is 34.3. The molecule has 0 unspecified atom stereocenters. The number of hydrogen-bond acceptors (Lipinski definition) is 5. The van der Waals surface area contributed by atoms with Gasteiger partial charge in [0.25, 0.3) is 0 Å². The Morgan fingerprint density at radius 2 is 0.830 bits per heavy atom. The molecule has 0 aromatic rings. The summed E-state index contributed by atoms with van der Waals surface area (Å²) in [5.74, 6) is -0.945. The van der Waals surface area contributed by atoms with Crippen molar-refractivity contribution >= 4 is 17.9 Å². The van der Waals surface area contributed by atoms with Gasteiger partial charge in [-0.15, -0.1) is 0 Å². The average Bonchev–Trinajstić information content (AvgIpc) is 3.12. The summed E-state index contributed by atoms with van der Waals surface area (Å²) in [5, 5.41) is 17.4. The van der Waals surface area contributed by atoms with Crippen molar-refractivity contribution in [1.82, 2.24) is 4.90 Å². The van der Waals surface area contributed by atoms with Crippen LogP contribution >= 0.6 is 0 Å². The summed E-state index contributed by atoms with van der Waals surface area (Å²) in [6, 6.07) is 0. The number of hydrogen-bond donors (Lipinski definition) is 2. The van der Waals surface area contributed by atoms with Crippen molar-refractivity contribution in [2.45, 2.75) is 193 Å². The third-order valence-electron chi connectivity index (χ3n) is 9.67. The molecular formula is C46H81NO6. The van der Waals surface area contributed by atoms with Crippen LogP contribution in [0.3, 0.4) is 0 Å². The molecule has 306 valence electrons. The summed E-state index contributed by atoms with van der Waals surface area (Å²) in [4.78, 5) is 35.5. The lowest BCUT2D eigenvalue weighted by molar-refractivity contribution is -0.145. The minimum atomic E-state index is -0.686. The van der Waals surface area contributed by atoms with Gasteiger partial charge < -0.3 is 19.8 Å². The molecule has 7 heteroatoms. The number of carbonyl (C=O) groups is 3. The SMILES string of the molecule is CN(C)CCCC(=O)OCC(CCCCCC/C=C\C/C=C\CCCCCCCC(=O)O)CCCCCC/C=C\C/C=C\CCCCCCCC(=O)O. The maximum atomic E-state index is 12.3. The van der Waals surface area contributed by atoms with Gasteiger partial charge in [-0.25, -0.2) is 0 Å². The fourth-order valence-electron chi connectivity index (χ4n) is 6.38. The lowest BCUT2D eigenvalue weighted by atomic mass is 9.95. The molecule has 0 bridgehead atoms. The van der Waals surface area contributed by atoms with Gasteiger partial charge in [0.05, 0.1) is 6.61 Å². The van der Waals surface area contributed by atoms with Gasteiger partial charge >= 0.3 is 17.9 Å². The van der Waals surface area contributed by atoms with E-state index in [1.807, 2.05) is 14.1 Å². The average molecular weight is 744 g/mol. The molecule has 2 N–H and O–H groups in total. The van der Waals surface area contributed by atoms with E-state index in [2.05, 4.69) is 53.5 Å². The molecule has 0 saturated heterocycles. The summed E-state index contributed by atoms with van der Waals surface area (Å²) >= 11 is 0. The molecule has 0 atom stereocenters. The molecule has 0 radical (unpaired) electrons. The zero-order chi connectivity index (χ0) is 38.9. The maximum absolute atomic E-state index is 12.3. The molecule has 0 aromatic heterocycles. The van der Waals surface area contributed by atoms with E-state index in [4.69, 9.17) is 14.9 Å². The van der Waals surface area contributed by atoms with E-state index < -0.39 is 11.9 Å². The predicted octanol–water partition coefficient (Wildman–Crippen LogP) is 12.8. The van der Waals surface area contributed by atoms with Gasteiger partial charge in [0.2, 0.25) is 0 Å². The van der Waals surface area contributed by atoms with Crippen LogP contribution in [-0.4, -0.2) is 60.3 Å². The van der Waals surface area contributed by atoms with Crippen molar-refractivity contribution in [3.63, 3.8) is 0 Å². The molecule has 53 heavy (non-hydrogen) atoms. The second-order valence-corrected chi connectivity index (χ2v) is 15.2. The van der Waals surface area contributed by atoms with Crippen molar-refractivity contribution in [3.05, 3.63) is 48.6 Å². The number of nitrogens with zero attached hydrogens (tertiary/aromatic N) is 1. The molecule has 0 rings (SSSR count). The standard InChI is InChI=1S/C46H81NO6/c1-47(2)41-35-40-46(52)53-42-43(36-31-27-23-19-15-11-7-3-5-9-13-17-21-25-29-33-38-44(48)49)37-32-28-24-20-16-12-8-4-6-10-14-18-22-26-30-34-39-45(50)51/h5-12,43H,3-4,13-42H2,1-2H3,(H,48,49)(H,50,51)/b9-5-,10-6-,11-7-,12-8-. The molecule has 0 aliphatic rings. The molecule has 7 nitrogen and oxygen atoms in total. The molecule has 0 aliphatic carbocycles. The van der Waals surface area contributed by atoms with Gasteiger partial charge in [-0.3, -0.25) is 14.4 Å². The first-order chi connectivity index (χ1) is 25.8. The van der Waals surface area contributed by atoms with Crippen molar-refractivity contribution < 1.29 is 29.3 Å². The molecular weight excluding hydrogens is 663 g/mol. The topological polar surface area (TPSA) is 104 Å². The number of unbranched alkanes of at least 4 members (excludes halogenated alkanes) is 18. The number of ether oxygens (including phenoxy) is 1. The van der Waals surface area contributed by atoms with E-state index in [0.29, 0.717) is 31.8 Å². The van der Waals surface area contributed by atoms with Crippen LogP contribution in [0.15, 0.2) is 48.6 Å². The van der Waals surface area contributed by atoms with E-state index in [1.54, 1.807) is 0 Å². The van der Waals surface area contributed by atoms with Crippen LogP contribution in [0.25, 0.3) is 0 Å². The second kappa shape index (κ2) is 40.5. The Balaban J connectivity index is 4.06. The zero-order valence-corrected chi connectivity index (χ0v) is 34.3. The Labute approximate surface area is 325 Å². The molecule has 0 amide bonds. The highest BCUT2D eigenvalue weighted by Crippen LogP contribution is 2.20. The van der Waals surface area contributed by atoms with Crippen LogP contribution in [-0.2, 0) is 19.1 Å². The number of esters is 1. The highest BCUT2D eigenvalue weighted by atomic mass is 16.5. The third kappa shape index (κ3) is 43.6. The number of allylic oxidation sites excluding steroid dienone is 8. The molecule has 0 spiro atoms. The molecule has 0 aliphatic heterocycles. The van der Waals surface area contributed by atoms with Crippen molar-refractivity contribution in [2.75, 3.05) is 27.2 Å². The number of carbonyl (C=O) groups excluding carboxylic acids is 1. The fourth-order valence-corrected chi connectivity index (χ4v) is 6.38. The molecule has 0 saturated carbocycles. The Bertz CT molecular complexity index is 907. The van der Waals surface area contributed by atoms with Gasteiger partial charge in [-0.05, 0) is 123 Å². The first-order valence-corrected chi connectivity index (χ1v) is 21.6. The smallest absolute Gasteiger partial charge is 0.305 e. The Hall–Kier alpha value is -2.67. The fraction of sp³-hybridized carbons (Fsp3) is 0.761. The Morgan fingerprint density at radius 1 is 0.472 bits per heavy atom. The lowest BCUT2D eigenvalue weighted by Crippen LogP contribution is -2.17. The van der Waals surface area contributed by atoms with Gasteiger partial charge in [0.15, 0.2) is 0 Å². The third-order valence-corrected chi connectivity index (χ3v) is 9.67. The molecule has 0 heterocycles.